The third kappa shape index (κ3) is 3.95. The molecular formula is C18H15F5NO8P. The summed E-state index contributed by atoms with van der Waals surface area (Å²) >= 11 is 0. The minimum Gasteiger partial charge on any atom is -0.404 e. The number of fused-ring (bicyclic) bond motifs is 1. The van der Waals surface area contributed by atoms with Crippen LogP contribution in [-0.4, -0.2) is 58.6 Å². The van der Waals surface area contributed by atoms with E-state index in [-0.39, 0.29) is 23.5 Å². The number of phosphoric acid groups is 1. The summed E-state index contributed by atoms with van der Waals surface area (Å²) < 4.78 is 103. The Morgan fingerprint density at radius 1 is 1.27 bits per heavy atom. The molecule has 180 valence electrons. The topological polar surface area (TPSA) is 112 Å². The van der Waals surface area contributed by atoms with Crippen LogP contribution in [0.1, 0.15) is 12.0 Å². The quantitative estimate of drug-likeness (QED) is 0.374. The van der Waals surface area contributed by atoms with Gasteiger partial charge in [-0.3, -0.25) is 23.5 Å². The standard InChI is InChI=1S/C18H15F5NO8P/c19-10-6-24(13(26)5-11(10)25)16-18(22,23)14(27)17(31-16,15(20)21)8-30-33(28)29-7-9-3-1-2-4-12(9)32-33/h1-4,6,14-16,27H,5,7-8H2/t14-,16-,17-,33?/m1/s1. The van der Waals surface area contributed by atoms with Gasteiger partial charge in [0.2, 0.25) is 17.9 Å². The molecule has 0 bridgehead atoms. The lowest BCUT2D eigenvalue weighted by atomic mass is 9.95. The third-order valence-electron chi connectivity index (χ3n) is 5.24. The van der Waals surface area contributed by atoms with E-state index < -0.39 is 68.6 Å². The smallest absolute Gasteiger partial charge is 0.404 e. The normalized spacial score (nSPS) is 33.7. The van der Waals surface area contributed by atoms with Gasteiger partial charge in [0.05, 0.1) is 19.6 Å². The molecule has 0 saturated carbocycles. The zero-order valence-electron chi connectivity index (χ0n) is 16.3. The number of rotatable bonds is 5. The lowest BCUT2D eigenvalue weighted by Gasteiger charge is -2.33. The number of para-hydroxylation sites is 1. The van der Waals surface area contributed by atoms with Crippen LogP contribution in [0.25, 0.3) is 0 Å². The highest BCUT2D eigenvalue weighted by Gasteiger charge is 2.72. The Labute approximate surface area is 182 Å². The molecule has 3 aliphatic rings. The molecule has 3 heterocycles. The molecule has 0 aliphatic carbocycles. The zero-order valence-corrected chi connectivity index (χ0v) is 17.2. The molecule has 1 aromatic carbocycles. The maximum absolute atomic E-state index is 14.8. The van der Waals surface area contributed by atoms with Crippen LogP contribution in [0.4, 0.5) is 22.0 Å². The number of halogens is 5. The summed E-state index contributed by atoms with van der Waals surface area (Å²) in [6.45, 7) is -1.91. The molecular weight excluding hydrogens is 484 g/mol. The number of benzene rings is 1. The van der Waals surface area contributed by atoms with Gasteiger partial charge in [-0.05, 0) is 6.07 Å². The second-order valence-electron chi connectivity index (χ2n) is 7.37. The summed E-state index contributed by atoms with van der Waals surface area (Å²) in [5.74, 6) is -8.78. The molecule has 0 aromatic heterocycles. The van der Waals surface area contributed by atoms with E-state index in [2.05, 4.69) is 0 Å². The van der Waals surface area contributed by atoms with Gasteiger partial charge in [0.25, 0.3) is 6.43 Å². The van der Waals surface area contributed by atoms with Crippen molar-refractivity contribution in [3.63, 3.8) is 0 Å². The number of alkyl halides is 4. The number of ether oxygens (including phenoxy) is 1. The Morgan fingerprint density at radius 3 is 2.67 bits per heavy atom. The van der Waals surface area contributed by atoms with Gasteiger partial charge in [0.15, 0.2) is 17.5 Å². The number of ketones is 1. The summed E-state index contributed by atoms with van der Waals surface area (Å²) in [4.78, 5) is 23.2. The largest absolute Gasteiger partial charge is 0.530 e. The highest BCUT2D eigenvalue weighted by molar-refractivity contribution is 7.49. The fraction of sp³-hybridized carbons (Fsp3) is 0.444. The lowest BCUT2D eigenvalue weighted by molar-refractivity contribution is -0.202. The molecule has 1 N–H and O–H groups in total. The van der Waals surface area contributed by atoms with E-state index in [4.69, 9.17) is 18.3 Å². The summed E-state index contributed by atoms with van der Waals surface area (Å²) in [5.41, 5.74) is -3.06. The minimum absolute atomic E-state index is 0.0402. The summed E-state index contributed by atoms with van der Waals surface area (Å²) in [5, 5.41) is 10.1. The molecule has 33 heavy (non-hydrogen) atoms. The number of carbonyl (C=O) groups is 2. The molecule has 0 spiro atoms. The highest BCUT2D eigenvalue weighted by atomic mass is 31.2. The summed E-state index contributed by atoms with van der Waals surface area (Å²) in [7, 11) is -4.60. The fourth-order valence-electron chi connectivity index (χ4n) is 3.43. The van der Waals surface area contributed by atoms with Gasteiger partial charge in [-0.1, -0.05) is 18.2 Å². The van der Waals surface area contributed by atoms with Crippen molar-refractivity contribution in [3.05, 3.63) is 41.9 Å². The summed E-state index contributed by atoms with van der Waals surface area (Å²) in [6, 6.07) is 6.07. The van der Waals surface area contributed by atoms with Crippen molar-refractivity contribution in [1.82, 2.24) is 4.90 Å². The van der Waals surface area contributed by atoms with E-state index in [1.807, 2.05) is 0 Å². The molecule has 4 rings (SSSR count). The lowest BCUT2D eigenvalue weighted by Crippen LogP contribution is -2.54. The van der Waals surface area contributed by atoms with Crippen LogP contribution in [0.2, 0.25) is 0 Å². The Balaban J connectivity index is 1.60. The summed E-state index contributed by atoms with van der Waals surface area (Å²) in [6.07, 6.45) is -11.1. The Hall–Kier alpha value is -2.38. The predicted octanol–water partition coefficient (Wildman–Crippen LogP) is 2.69. The van der Waals surface area contributed by atoms with Crippen molar-refractivity contribution in [1.29, 1.82) is 0 Å². The fourth-order valence-corrected chi connectivity index (χ4v) is 4.69. The van der Waals surface area contributed by atoms with Crippen molar-refractivity contribution in [2.45, 2.75) is 43.3 Å². The maximum atomic E-state index is 14.8. The van der Waals surface area contributed by atoms with E-state index in [9.17, 15) is 41.2 Å². The van der Waals surface area contributed by atoms with Crippen LogP contribution < -0.4 is 4.52 Å². The van der Waals surface area contributed by atoms with E-state index in [0.717, 1.165) is 0 Å². The van der Waals surface area contributed by atoms with Gasteiger partial charge in [0.1, 0.15) is 5.75 Å². The first-order valence-electron chi connectivity index (χ1n) is 9.30. The van der Waals surface area contributed by atoms with Crippen molar-refractivity contribution >= 4 is 19.5 Å². The van der Waals surface area contributed by atoms with Crippen molar-refractivity contribution < 1.29 is 59.5 Å². The molecule has 9 nitrogen and oxygen atoms in total. The van der Waals surface area contributed by atoms with Crippen LogP contribution in [0.3, 0.4) is 0 Å². The second-order valence-corrected chi connectivity index (χ2v) is 8.97. The zero-order chi connectivity index (χ0) is 24.2. The van der Waals surface area contributed by atoms with Crippen LogP contribution in [0.5, 0.6) is 5.75 Å². The molecule has 1 fully saturated rings. The molecule has 3 aliphatic heterocycles. The number of nitrogens with zero attached hydrogens (tertiary/aromatic N) is 1. The first-order chi connectivity index (χ1) is 15.4. The second kappa shape index (κ2) is 8.13. The molecule has 1 amide bonds. The van der Waals surface area contributed by atoms with Gasteiger partial charge in [-0.25, -0.2) is 17.7 Å². The number of phosphoric ester groups is 1. The van der Waals surface area contributed by atoms with E-state index in [1.54, 1.807) is 12.1 Å². The Kier molecular flexibility index (Phi) is 5.86. The van der Waals surface area contributed by atoms with E-state index >= 15 is 0 Å². The minimum atomic E-state index is -4.60. The van der Waals surface area contributed by atoms with Crippen molar-refractivity contribution in [2.24, 2.45) is 0 Å². The average molecular weight is 499 g/mol. The van der Waals surface area contributed by atoms with Crippen LogP contribution >= 0.6 is 7.82 Å². The Morgan fingerprint density at radius 2 is 1.97 bits per heavy atom. The average Bonchev–Trinajstić information content (AvgIpc) is 2.96. The number of hydrogen-bond acceptors (Lipinski definition) is 8. The highest BCUT2D eigenvalue weighted by Crippen LogP contribution is 2.56. The molecule has 1 saturated heterocycles. The molecule has 1 aromatic rings. The molecule has 4 atom stereocenters. The van der Waals surface area contributed by atoms with Crippen LogP contribution in [0, 0.1) is 0 Å². The number of aliphatic hydroxyl groups excluding tert-OH is 1. The molecule has 15 heteroatoms. The number of carbonyl (C=O) groups excluding carboxylic acids is 2. The van der Waals surface area contributed by atoms with Crippen molar-refractivity contribution in [2.75, 3.05) is 6.61 Å². The predicted molar refractivity (Wildman–Crippen MR) is 95.6 cm³/mol. The molecule has 0 radical (unpaired) electrons. The molecule has 1 unspecified atom stereocenters. The van der Waals surface area contributed by atoms with Crippen LogP contribution in [-0.2, 0) is 34.5 Å². The number of Topliss-reactive ketones (excluding diaryl/α,β-unsaturated/α-hetero) is 1. The van der Waals surface area contributed by atoms with Gasteiger partial charge in [-0.15, -0.1) is 0 Å². The number of amides is 1. The SMILES string of the molecule is O=C1CC(=O)N([C@@H]2O[C@@](COP3(=O)OCc4ccccc4O3)(C(F)F)[C@@H](O)C2(F)F)C=C1F. The first kappa shape index (κ1) is 23.8. The van der Waals surface area contributed by atoms with Gasteiger partial charge < -0.3 is 14.4 Å². The first-order valence-corrected chi connectivity index (χ1v) is 10.8. The number of aliphatic hydroxyl groups is 1. The van der Waals surface area contributed by atoms with Crippen LogP contribution in [0.15, 0.2) is 36.3 Å². The van der Waals surface area contributed by atoms with Crippen molar-refractivity contribution in [3.8, 4) is 5.75 Å². The van der Waals surface area contributed by atoms with Gasteiger partial charge in [-0.2, -0.15) is 8.78 Å². The maximum Gasteiger partial charge on any atom is 0.530 e. The third-order valence-corrected chi connectivity index (χ3v) is 6.55. The van der Waals surface area contributed by atoms with Gasteiger partial charge >= 0.3 is 13.7 Å². The van der Waals surface area contributed by atoms with Gasteiger partial charge in [0, 0.05) is 11.8 Å². The van der Waals surface area contributed by atoms with E-state index in [0.29, 0.717) is 5.56 Å². The Bertz CT molecular complexity index is 1070. The van der Waals surface area contributed by atoms with E-state index in [1.165, 1.54) is 12.1 Å². The number of hydrogen-bond donors (Lipinski definition) is 1. The monoisotopic (exact) mass is 499 g/mol. The number of allylic oxidation sites excluding steroid dienone is 1.